The average Bonchev–Trinajstić information content (AvgIpc) is 2.77. The van der Waals surface area contributed by atoms with Crippen LogP contribution in [0.5, 0.6) is 0 Å². The fourth-order valence-electron chi connectivity index (χ4n) is 4.60. The summed E-state index contributed by atoms with van der Waals surface area (Å²) < 4.78 is 11.0. The molecular weight excluding hydrogens is 531 g/mol. The van der Waals surface area contributed by atoms with Gasteiger partial charge in [0.25, 0.3) is 0 Å². The minimum atomic E-state index is -0.0600. The Morgan fingerprint density at radius 1 is 1.09 bits per heavy atom. The third-order valence-electron chi connectivity index (χ3n) is 6.09. The number of guanidine groups is 1. The first kappa shape index (κ1) is 27.9. The van der Waals surface area contributed by atoms with Gasteiger partial charge in [-0.3, -0.25) is 9.69 Å². The van der Waals surface area contributed by atoms with Crippen LogP contribution in [0.15, 0.2) is 29.3 Å². The van der Waals surface area contributed by atoms with Crippen molar-refractivity contribution < 1.29 is 14.3 Å². The Kier molecular flexibility index (Phi) is 11.9. The Morgan fingerprint density at radius 3 is 2.27 bits per heavy atom. The van der Waals surface area contributed by atoms with Gasteiger partial charge in [-0.2, -0.15) is 0 Å². The standard InChI is InChI=1S/C25H40N4O3.HI/c1-5-26-25(29-13-11-23(12-14-29)24(30)31-6-2)27-15-21-7-9-22(10-8-21)18-28-16-19(3)32-20(4)17-28;/h7-10,19-20,23H,5-6,11-18H2,1-4H3,(H,26,27);1H. The summed E-state index contributed by atoms with van der Waals surface area (Å²) in [5.74, 6) is 0.879. The minimum absolute atomic E-state index is 0. The lowest BCUT2D eigenvalue weighted by molar-refractivity contribution is -0.149. The fourth-order valence-corrected chi connectivity index (χ4v) is 4.60. The van der Waals surface area contributed by atoms with Crippen molar-refractivity contribution in [3.05, 3.63) is 35.4 Å². The molecule has 2 unspecified atom stereocenters. The van der Waals surface area contributed by atoms with E-state index in [0.717, 1.165) is 58.1 Å². The largest absolute Gasteiger partial charge is 0.466 e. The van der Waals surface area contributed by atoms with Crippen molar-refractivity contribution in [3.8, 4) is 0 Å². The number of carbonyl (C=O) groups excluding carboxylic acids is 1. The first-order chi connectivity index (χ1) is 15.5. The second-order valence-electron chi connectivity index (χ2n) is 8.95. The van der Waals surface area contributed by atoms with Gasteiger partial charge >= 0.3 is 5.97 Å². The van der Waals surface area contributed by atoms with Gasteiger partial charge in [-0.15, -0.1) is 24.0 Å². The van der Waals surface area contributed by atoms with E-state index >= 15 is 0 Å². The second kappa shape index (κ2) is 14.1. The molecule has 1 aromatic carbocycles. The molecule has 0 aromatic heterocycles. The molecule has 8 heteroatoms. The summed E-state index contributed by atoms with van der Waals surface area (Å²) in [5, 5.41) is 3.41. The van der Waals surface area contributed by atoms with E-state index in [-0.39, 0.29) is 35.9 Å². The predicted octanol–water partition coefficient (Wildman–Crippen LogP) is 3.65. The summed E-state index contributed by atoms with van der Waals surface area (Å²) >= 11 is 0. The van der Waals surface area contributed by atoms with Gasteiger partial charge in [0.05, 0.1) is 31.3 Å². The number of hydrogen-bond donors (Lipinski definition) is 1. The number of piperidine rings is 1. The molecule has 1 N–H and O–H groups in total. The highest BCUT2D eigenvalue weighted by Gasteiger charge is 2.27. The van der Waals surface area contributed by atoms with Crippen LogP contribution < -0.4 is 5.32 Å². The summed E-state index contributed by atoms with van der Waals surface area (Å²) in [6, 6.07) is 8.80. The van der Waals surface area contributed by atoms with Gasteiger partial charge in [0.15, 0.2) is 5.96 Å². The van der Waals surface area contributed by atoms with Crippen LogP contribution in [0.1, 0.15) is 51.7 Å². The molecule has 0 saturated carbocycles. The summed E-state index contributed by atoms with van der Waals surface area (Å²) in [6.45, 7) is 14.7. The number of rotatable bonds is 7. The Labute approximate surface area is 216 Å². The van der Waals surface area contributed by atoms with E-state index in [4.69, 9.17) is 14.5 Å². The van der Waals surface area contributed by atoms with E-state index in [2.05, 4.69) is 60.2 Å². The van der Waals surface area contributed by atoms with Crippen molar-refractivity contribution in [2.45, 2.75) is 65.8 Å². The molecule has 7 nitrogen and oxygen atoms in total. The molecule has 2 atom stereocenters. The molecule has 0 radical (unpaired) electrons. The molecule has 1 aromatic rings. The number of hydrogen-bond acceptors (Lipinski definition) is 5. The topological polar surface area (TPSA) is 66.4 Å². The van der Waals surface area contributed by atoms with Crippen molar-refractivity contribution in [1.82, 2.24) is 15.1 Å². The average molecular weight is 573 g/mol. The zero-order valence-corrected chi connectivity index (χ0v) is 22.9. The van der Waals surface area contributed by atoms with E-state index in [1.54, 1.807) is 0 Å². The summed E-state index contributed by atoms with van der Waals surface area (Å²) in [7, 11) is 0. The van der Waals surface area contributed by atoms with Crippen LogP contribution in [-0.2, 0) is 27.4 Å². The molecule has 2 heterocycles. The summed E-state index contributed by atoms with van der Waals surface area (Å²) in [6.07, 6.45) is 2.21. The van der Waals surface area contributed by atoms with Crippen LogP contribution in [-0.4, -0.2) is 73.3 Å². The highest BCUT2D eigenvalue weighted by molar-refractivity contribution is 14.0. The first-order valence-electron chi connectivity index (χ1n) is 12.1. The number of halogens is 1. The molecule has 2 aliphatic heterocycles. The van der Waals surface area contributed by atoms with Gasteiger partial charge in [-0.25, -0.2) is 4.99 Å². The van der Waals surface area contributed by atoms with E-state index in [1.807, 2.05) is 6.92 Å². The van der Waals surface area contributed by atoms with Gasteiger partial charge in [0.2, 0.25) is 0 Å². The van der Waals surface area contributed by atoms with E-state index in [9.17, 15) is 4.79 Å². The van der Waals surface area contributed by atoms with Crippen LogP contribution in [0.4, 0.5) is 0 Å². The van der Waals surface area contributed by atoms with Crippen LogP contribution in [0.3, 0.4) is 0 Å². The quantitative estimate of drug-likeness (QED) is 0.233. The molecular formula is C25H41IN4O3. The minimum Gasteiger partial charge on any atom is -0.466 e. The highest BCUT2D eigenvalue weighted by atomic mass is 127. The number of likely N-dealkylation sites (tertiary alicyclic amines) is 1. The normalized spacial score (nSPS) is 22.5. The maximum atomic E-state index is 12.0. The summed E-state index contributed by atoms with van der Waals surface area (Å²) in [5.41, 5.74) is 2.53. The number of ether oxygens (including phenoxy) is 2. The second-order valence-corrected chi connectivity index (χ2v) is 8.95. The lowest BCUT2D eigenvalue weighted by Gasteiger charge is -2.35. The van der Waals surface area contributed by atoms with Crippen LogP contribution >= 0.6 is 24.0 Å². The Balaban J connectivity index is 0.00000385. The molecule has 3 rings (SSSR count). The van der Waals surface area contributed by atoms with Crippen LogP contribution in [0.2, 0.25) is 0 Å². The van der Waals surface area contributed by atoms with Gasteiger partial charge < -0.3 is 19.7 Å². The third kappa shape index (κ3) is 8.72. The van der Waals surface area contributed by atoms with Crippen LogP contribution in [0.25, 0.3) is 0 Å². The molecule has 0 spiro atoms. The Bertz CT molecular complexity index is 741. The molecule has 2 saturated heterocycles. The number of benzene rings is 1. The van der Waals surface area contributed by atoms with Crippen molar-refractivity contribution >= 4 is 35.9 Å². The van der Waals surface area contributed by atoms with Gasteiger partial charge in [-0.05, 0) is 51.7 Å². The number of esters is 1. The number of nitrogens with zero attached hydrogens (tertiary/aromatic N) is 3. The summed E-state index contributed by atoms with van der Waals surface area (Å²) in [4.78, 5) is 21.6. The SMILES string of the molecule is CCNC(=NCc1ccc(CN2CC(C)OC(C)C2)cc1)N1CCC(C(=O)OCC)CC1.I. The molecule has 2 aliphatic rings. The van der Waals surface area contributed by atoms with Crippen molar-refractivity contribution in [3.63, 3.8) is 0 Å². The molecule has 0 aliphatic carbocycles. The number of nitrogens with one attached hydrogen (secondary N) is 1. The number of morpholine rings is 1. The van der Waals surface area contributed by atoms with Crippen molar-refractivity contribution in [2.75, 3.05) is 39.3 Å². The van der Waals surface area contributed by atoms with Crippen LogP contribution in [0, 0.1) is 5.92 Å². The molecule has 0 amide bonds. The predicted molar refractivity (Wildman–Crippen MR) is 143 cm³/mol. The van der Waals surface area contributed by atoms with E-state index in [0.29, 0.717) is 25.4 Å². The molecule has 33 heavy (non-hydrogen) atoms. The lowest BCUT2D eigenvalue weighted by Crippen LogP contribution is -2.46. The highest BCUT2D eigenvalue weighted by Crippen LogP contribution is 2.19. The lowest BCUT2D eigenvalue weighted by atomic mass is 9.97. The van der Waals surface area contributed by atoms with E-state index in [1.165, 1.54) is 11.1 Å². The number of aliphatic imine (C=N–C) groups is 1. The Hall–Kier alpha value is -1.39. The van der Waals surface area contributed by atoms with Gasteiger partial charge in [0, 0.05) is 39.3 Å². The zero-order chi connectivity index (χ0) is 22.9. The smallest absolute Gasteiger partial charge is 0.309 e. The van der Waals surface area contributed by atoms with Gasteiger partial charge in [-0.1, -0.05) is 24.3 Å². The zero-order valence-electron chi connectivity index (χ0n) is 20.6. The molecule has 2 fully saturated rings. The maximum absolute atomic E-state index is 12.0. The molecule has 0 bridgehead atoms. The number of carbonyl (C=O) groups is 1. The fraction of sp³-hybridized carbons (Fsp3) is 0.680. The first-order valence-corrected chi connectivity index (χ1v) is 12.1. The third-order valence-corrected chi connectivity index (χ3v) is 6.09. The molecule has 186 valence electrons. The van der Waals surface area contributed by atoms with E-state index < -0.39 is 0 Å². The van der Waals surface area contributed by atoms with Crippen molar-refractivity contribution in [1.29, 1.82) is 0 Å². The maximum Gasteiger partial charge on any atom is 0.309 e. The van der Waals surface area contributed by atoms with Gasteiger partial charge in [0.1, 0.15) is 0 Å². The Morgan fingerprint density at radius 2 is 1.70 bits per heavy atom. The van der Waals surface area contributed by atoms with Crippen molar-refractivity contribution in [2.24, 2.45) is 10.9 Å². The monoisotopic (exact) mass is 572 g/mol.